The van der Waals surface area contributed by atoms with Crippen LogP contribution in [0.15, 0.2) is 75.4 Å². The number of rotatable bonds is 12. The summed E-state index contributed by atoms with van der Waals surface area (Å²) in [6, 6.07) is 10.9. The highest BCUT2D eigenvalue weighted by Gasteiger charge is 2.22. The maximum absolute atomic E-state index is 15.3. The predicted molar refractivity (Wildman–Crippen MR) is 191 cm³/mol. The molecule has 0 saturated carbocycles. The number of carbonyl (C=O) groups is 1. The summed E-state index contributed by atoms with van der Waals surface area (Å²) in [6.07, 6.45) is 2.82. The fourth-order valence-corrected chi connectivity index (χ4v) is 5.78. The van der Waals surface area contributed by atoms with E-state index in [0.717, 1.165) is 50.5 Å². The molecule has 1 amide bonds. The molecule has 54 heavy (non-hydrogen) atoms. The standard InChI is InChI=1S/C37H35F3N6O8/c1-3-52-37(50)45-14-12-44(13-15-45)11-4-16-53-33-20-28-24(19-32(33)51-2)30(9-10-41-28)54-31-8-6-23(18-27(31)40)42-21-25-34(47)43-36(49)46(35(25)48)29-7-5-22(38)17-26(29)39/h5-10,17-21,48H,3-4,11-16H2,1-2H3,(H,43,47,49). The number of hydrogen-bond acceptors (Lipinski definition) is 11. The molecule has 0 atom stereocenters. The summed E-state index contributed by atoms with van der Waals surface area (Å²) in [7, 11) is 1.50. The first-order chi connectivity index (χ1) is 26.1. The minimum atomic E-state index is -1.17. The van der Waals surface area contributed by atoms with Gasteiger partial charge in [-0.1, -0.05) is 0 Å². The van der Waals surface area contributed by atoms with Crippen molar-refractivity contribution in [1.29, 1.82) is 0 Å². The number of pyridine rings is 1. The number of nitrogens with zero attached hydrogens (tertiary/aromatic N) is 5. The van der Waals surface area contributed by atoms with E-state index in [2.05, 4.69) is 14.9 Å². The third kappa shape index (κ3) is 8.31. The summed E-state index contributed by atoms with van der Waals surface area (Å²) in [5.74, 6) is -2.86. The molecule has 5 aromatic rings. The van der Waals surface area contributed by atoms with Gasteiger partial charge in [0.2, 0.25) is 5.88 Å². The molecule has 3 aromatic carbocycles. The maximum atomic E-state index is 15.3. The van der Waals surface area contributed by atoms with Crippen LogP contribution in [0, 0.1) is 17.5 Å². The minimum Gasteiger partial charge on any atom is -0.493 e. The Hall–Kier alpha value is -6.36. The zero-order valence-electron chi connectivity index (χ0n) is 29.2. The highest BCUT2D eigenvalue weighted by molar-refractivity contribution is 5.88. The molecule has 14 nitrogen and oxygen atoms in total. The van der Waals surface area contributed by atoms with Gasteiger partial charge in [-0.3, -0.25) is 24.7 Å². The second-order valence-electron chi connectivity index (χ2n) is 12.0. The van der Waals surface area contributed by atoms with Crippen LogP contribution in [0.2, 0.25) is 0 Å². The number of ether oxygens (including phenoxy) is 4. The molecule has 1 aliphatic heterocycles. The normalized spacial score (nSPS) is 13.4. The summed E-state index contributed by atoms with van der Waals surface area (Å²) in [6.45, 7) is 6.02. The van der Waals surface area contributed by atoms with Crippen molar-refractivity contribution in [2.45, 2.75) is 13.3 Å². The van der Waals surface area contributed by atoms with Gasteiger partial charge in [-0.2, -0.15) is 0 Å². The van der Waals surface area contributed by atoms with Gasteiger partial charge in [-0.25, -0.2) is 27.3 Å². The number of H-pyrrole nitrogens is 1. The Kier molecular flexibility index (Phi) is 11.5. The van der Waals surface area contributed by atoms with Gasteiger partial charge in [0.15, 0.2) is 23.1 Å². The summed E-state index contributed by atoms with van der Waals surface area (Å²) < 4.78 is 66.2. The van der Waals surface area contributed by atoms with Gasteiger partial charge in [0, 0.05) is 68.7 Å². The number of aromatic hydroxyl groups is 1. The number of carbonyl (C=O) groups excluding carboxylic acids is 1. The minimum absolute atomic E-state index is 0.00587. The van der Waals surface area contributed by atoms with Crippen LogP contribution >= 0.6 is 0 Å². The van der Waals surface area contributed by atoms with Crippen LogP contribution in [0.25, 0.3) is 16.6 Å². The van der Waals surface area contributed by atoms with Crippen LogP contribution in [0.4, 0.5) is 23.7 Å². The number of nitrogens with one attached hydrogen (secondary N) is 1. The molecule has 0 aliphatic carbocycles. The average molecular weight is 749 g/mol. The fraction of sp³-hybridized carbons (Fsp3) is 0.270. The Balaban J connectivity index is 1.12. The van der Waals surface area contributed by atoms with Gasteiger partial charge in [0.05, 0.1) is 37.2 Å². The van der Waals surface area contributed by atoms with Gasteiger partial charge in [-0.05, 0) is 49.7 Å². The molecule has 1 aliphatic rings. The van der Waals surface area contributed by atoms with Crippen LogP contribution in [0.5, 0.6) is 28.9 Å². The first-order valence-electron chi connectivity index (χ1n) is 16.8. The van der Waals surface area contributed by atoms with Crippen LogP contribution < -0.4 is 25.5 Å². The molecule has 3 heterocycles. The Morgan fingerprint density at radius 2 is 1.76 bits per heavy atom. The lowest BCUT2D eigenvalue weighted by atomic mass is 10.1. The highest BCUT2D eigenvalue weighted by atomic mass is 19.1. The molecule has 0 radical (unpaired) electrons. The van der Waals surface area contributed by atoms with Crippen molar-refractivity contribution >= 4 is 28.9 Å². The van der Waals surface area contributed by atoms with Gasteiger partial charge in [-0.15, -0.1) is 0 Å². The van der Waals surface area contributed by atoms with E-state index in [9.17, 15) is 28.3 Å². The van der Waals surface area contributed by atoms with Crippen molar-refractivity contribution in [3.05, 3.63) is 105 Å². The molecule has 2 N–H and O–H groups in total. The molecule has 6 rings (SSSR count). The van der Waals surface area contributed by atoms with E-state index in [1.54, 1.807) is 30.0 Å². The predicted octanol–water partition coefficient (Wildman–Crippen LogP) is 5.29. The van der Waals surface area contributed by atoms with Gasteiger partial charge in [0.25, 0.3) is 5.56 Å². The summed E-state index contributed by atoms with van der Waals surface area (Å²) in [5, 5.41) is 11.2. The van der Waals surface area contributed by atoms with Crippen molar-refractivity contribution in [3.63, 3.8) is 0 Å². The van der Waals surface area contributed by atoms with E-state index in [1.165, 1.54) is 25.4 Å². The molecule has 0 unspecified atom stereocenters. The molecule has 1 fully saturated rings. The lowest BCUT2D eigenvalue weighted by molar-refractivity contribution is 0.0781. The smallest absolute Gasteiger partial charge is 0.409 e. The number of piperazine rings is 1. The second-order valence-corrected chi connectivity index (χ2v) is 12.0. The van der Waals surface area contributed by atoms with E-state index in [-0.39, 0.29) is 23.3 Å². The van der Waals surface area contributed by atoms with Crippen LogP contribution in [0.1, 0.15) is 18.9 Å². The molecular formula is C37H35F3N6O8. The van der Waals surface area contributed by atoms with Gasteiger partial charge >= 0.3 is 11.8 Å². The molecule has 2 aromatic heterocycles. The molecule has 17 heteroatoms. The summed E-state index contributed by atoms with van der Waals surface area (Å²) in [4.78, 5) is 51.1. The molecular weight excluding hydrogens is 713 g/mol. The zero-order valence-corrected chi connectivity index (χ0v) is 29.2. The number of amides is 1. The van der Waals surface area contributed by atoms with Crippen molar-refractivity contribution in [2.24, 2.45) is 4.99 Å². The monoisotopic (exact) mass is 748 g/mol. The Bertz CT molecular complexity index is 2320. The number of hydrogen-bond donors (Lipinski definition) is 2. The fourth-order valence-electron chi connectivity index (χ4n) is 5.78. The molecule has 282 valence electrons. The quantitative estimate of drug-likeness (QED) is 0.127. The van der Waals surface area contributed by atoms with E-state index in [0.29, 0.717) is 59.3 Å². The number of aromatic nitrogens is 3. The number of aromatic amines is 1. The van der Waals surface area contributed by atoms with Crippen molar-refractivity contribution in [1.82, 2.24) is 24.3 Å². The van der Waals surface area contributed by atoms with Crippen LogP contribution in [0.3, 0.4) is 0 Å². The first-order valence-corrected chi connectivity index (χ1v) is 16.8. The van der Waals surface area contributed by atoms with E-state index < -0.39 is 45.8 Å². The second kappa shape index (κ2) is 16.5. The highest BCUT2D eigenvalue weighted by Crippen LogP contribution is 2.38. The number of halogens is 3. The lowest BCUT2D eigenvalue weighted by Crippen LogP contribution is -2.49. The lowest BCUT2D eigenvalue weighted by Gasteiger charge is -2.33. The molecule has 0 bridgehead atoms. The summed E-state index contributed by atoms with van der Waals surface area (Å²) in [5.41, 5.74) is -2.76. The SMILES string of the molecule is CCOC(=O)N1CCN(CCCOc2cc3nccc(Oc4ccc(N=Cc5c(O)n(-c6ccc(F)cc6F)c(=O)[nH]c5=O)cc4F)c3cc2OC)CC1. The van der Waals surface area contributed by atoms with Crippen molar-refractivity contribution in [3.8, 4) is 34.6 Å². The Morgan fingerprint density at radius 1 is 0.963 bits per heavy atom. The van der Waals surface area contributed by atoms with E-state index >= 15 is 4.39 Å². The number of methoxy groups -OCH3 is 1. The number of benzene rings is 3. The Labute approximate surface area is 305 Å². The third-order valence-corrected chi connectivity index (χ3v) is 8.51. The van der Waals surface area contributed by atoms with Crippen molar-refractivity contribution < 1.29 is 42.0 Å². The number of aliphatic imine (C=N–C) groups is 1. The van der Waals surface area contributed by atoms with E-state index in [1.807, 2.05) is 4.98 Å². The van der Waals surface area contributed by atoms with Crippen LogP contribution in [-0.2, 0) is 4.74 Å². The average Bonchev–Trinajstić information content (AvgIpc) is 3.15. The zero-order chi connectivity index (χ0) is 38.4. The molecule has 0 spiro atoms. The largest absolute Gasteiger partial charge is 0.493 e. The first kappa shape index (κ1) is 37.4. The Morgan fingerprint density at radius 3 is 2.48 bits per heavy atom. The molecule has 1 saturated heterocycles. The summed E-state index contributed by atoms with van der Waals surface area (Å²) >= 11 is 0. The third-order valence-electron chi connectivity index (χ3n) is 8.51. The number of fused-ring (bicyclic) bond motifs is 1. The van der Waals surface area contributed by atoms with E-state index in [4.69, 9.17) is 18.9 Å². The van der Waals surface area contributed by atoms with Gasteiger partial charge < -0.3 is 29.0 Å². The maximum Gasteiger partial charge on any atom is 0.409 e. The van der Waals surface area contributed by atoms with Crippen LogP contribution in [-0.4, -0.2) is 94.8 Å². The van der Waals surface area contributed by atoms with Crippen molar-refractivity contribution in [2.75, 3.05) is 53.0 Å². The topological polar surface area (TPSA) is 161 Å². The van der Waals surface area contributed by atoms with Gasteiger partial charge in [0.1, 0.15) is 22.9 Å².